The molecule has 3 rings (SSSR count). The number of fused-ring (bicyclic) bond motifs is 1. The number of benzene rings is 1. The second kappa shape index (κ2) is 6.31. The topological polar surface area (TPSA) is 58.6 Å². The summed E-state index contributed by atoms with van der Waals surface area (Å²) < 4.78 is 39.7. The lowest BCUT2D eigenvalue weighted by molar-refractivity contribution is -0.137. The predicted molar refractivity (Wildman–Crippen MR) is 88.1 cm³/mol. The summed E-state index contributed by atoms with van der Waals surface area (Å²) in [6, 6.07) is 5.19. The number of carbonyl (C=O) groups excluding carboxylic acids is 1. The van der Waals surface area contributed by atoms with Gasteiger partial charge in [-0.1, -0.05) is 32.0 Å². The Kier molecular flexibility index (Phi) is 4.32. The molecule has 0 atom stereocenters. The summed E-state index contributed by atoms with van der Waals surface area (Å²) in [5.74, 6) is 0.0522. The van der Waals surface area contributed by atoms with Gasteiger partial charge in [0.15, 0.2) is 11.4 Å². The number of H-pyrrole nitrogens is 1. The summed E-state index contributed by atoms with van der Waals surface area (Å²) in [6.45, 7) is 3.84. The SMILES string of the molecule is CC(C)CC(=O)c1c[nH]c2ncc(-c3ccccc3C(F)(F)F)nc12. The van der Waals surface area contributed by atoms with Crippen LogP contribution in [0.15, 0.2) is 36.7 Å². The van der Waals surface area contributed by atoms with E-state index < -0.39 is 11.7 Å². The van der Waals surface area contributed by atoms with Gasteiger partial charge in [0.1, 0.15) is 5.52 Å². The molecule has 0 bridgehead atoms. The van der Waals surface area contributed by atoms with E-state index in [0.29, 0.717) is 23.1 Å². The molecule has 2 aromatic heterocycles. The number of nitrogens with one attached hydrogen (secondary N) is 1. The highest BCUT2D eigenvalue weighted by Gasteiger charge is 2.33. The second-order valence-electron chi connectivity index (χ2n) is 6.22. The standard InChI is InChI=1S/C18H16F3N3O/c1-10(2)7-15(25)12-8-22-17-16(12)24-14(9-23-17)11-5-3-4-6-13(11)18(19,20)21/h3-6,8-10H,7H2,1-2H3,(H,22,23). The molecule has 0 amide bonds. The molecule has 25 heavy (non-hydrogen) atoms. The molecule has 0 unspecified atom stereocenters. The number of ketones is 1. The van der Waals surface area contributed by atoms with Crippen molar-refractivity contribution < 1.29 is 18.0 Å². The zero-order valence-electron chi connectivity index (χ0n) is 13.7. The molecule has 0 saturated heterocycles. The van der Waals surface area contributed by atoms with Crippen molar-refractivity contribution in [3.05, 3.63) is 47.8 Å². The number of aromatic nitrogens is 3. The highest BCUT2D eigenvalue weighted by Crippen LogP contribution is 2.36. The highest BCUT2D eigenvalue weighted by atomic mass is 19.4. The van der Waals surface area contributed by atoms with Crippen LogP contribution in [0.5, 0.6) is 0 Å². The fourth-order valence-electron chi connectivity index (χ4n) is 2.67. The fourth-order valence-corrected chi connectivity index (χ4v) is 2.67. The number of alkyl halides is 3. The molecule has 1 aromatic carbocycles. The van der Waals surface area contributed by atoms with E-state index in [0.717, 1.165) is 6.07 Å². The first kappa shape index (κ1) is 17.1. The zero-order valence-corrected chi connectivity index (χ0v) is 13.7. The van der Waals surface area contributed by atoms with Crippen molar-refractivity contribution in [1.82, 2.24) is 15.0 Å². The Morgan fingerprint density at radius 1 is 1.24 bits per heavy atom. The number of hydrogen-bond acceptors (Lipinski definition) is 3. The van der Waals surface area contributed by atoms with Gasteiger partial charge in [-0.2, -0.15) is 13.2 Å². The molecule has 0 aliphatic heterocycles. The van der Waals surface area contributed by atoms with Crippen molar-refractivity contribution in [1.29, 1.82) is 0 Å². The van der Waals surface area contributed by atoms with E-state index in [2.05, 4.69) is 15.0 Å². The Labute approximate surface area is 142 Å². The van der Waals surface area contributed by atoms with Gasteiger partial charge < -0.3 is 4.98 Å². The first-order chi connectivity index (χ1) is 11.8. The van der Waals surface area contributed by atoms with Crippen molar-refractivity contribution in [2.24, 2.45) is 5.92 Å². The van der Waals surface area contributed by atoms with E-state index in [-0.39, 0.29) is 23.0 Å². The summed E-state index contributed by atoms with van der Waals surface area (Å²) in [4.78, 5) is 23.6. The van der Waals surface area contributed by atoms with Gasteiger partial charge in [-0.3, -0.25) is 4.79 Å². The number of halogens is 3. The number of hydrogen-bond donors (Lipinski definition) is 1. The Morgan fingerprint density at radius 3 is 2.64 bits per heavy atom. The maximum Gasteiger partial charge on any atom is 0.417 e. The Hall–Kier alpha value is -2.70. The quantitative estimate of drug-likeness (QED) is 0.685. The minimum absolute atomic E-state index is 0.0622. The summed E-state index contributed by atoms with van der Waals surface area (Å²) in [5.41, 5.74) is 0.253. The van der Waals surface area contributed by atoms with E-state index in [9.17, 15) is 18.0 Å². The average molecular weight is 347 g/mol. The molecular weight excluding hydrogens is 331 g/mol. The molecule has 0 aliphatic carbocycles. The van der Waals surface area contributed by atoms with Gasteiger partial charge in [-0.25, -0.2) is 9.97 Å². The molecule has 2 heterocycles. The van der Waals surface area contributed by atoms with E-state index >= 15 is 0 Å². The summed E-state index contributed by atoms with van der Waals surface area (Å²) in [5, 5.41) is 0. The number of carbonyl (C=O) groups is 1. The van der Waals surface area contributed by atoms with Crippen molar-refractivity contribution >= 4 is 16.9 Å². The van der Waals surface area contributed by atoms with E-state index in [1.807, 2.05) is 13.8 Å². The summed E-state index contributed by atoms with van der Waals surface area (Å²) >= 11 is 0. The lowest BCUT2D eigenvalue weighted by atomic mass is 10.0. The summed E-state index contributed by atoms with van der Waals surface area (Å²) in [6.07, 6.45) is -1.38. The van der Waals surface area contributed by atoms with Gasteiger partial charge in [-0.15, -0.1) is 0 Å². The number of Topliss-reactive ketones (excluding diaryl/α,β-unsaturated/α-hetero) is 1. The van der Waals surface area contributed by atoms with Crippen LogP contribution in [0.1, 0.15) is 36.2 Å². The van der Waals surface area contributed by atoms with Crippen LogP contribution in [0.25, 0.3) is 22.4 Å². The Morgan fingerprint density at radius 2 is 1.96 bits per heavy atom. The molecule has 1 N–H and O–H groups in total. The van der Waals surface area contributed by atoms with Gasteiger partial charge >= 0.3 is 6.18 Å². The smallest absolute Gasteiger partial charge is 0.344 e. The minimum atomic E-state index is -4.50. The molecule has 0 saturated carbocycles. The van der Waals surface area contributed by atoms with Gasteiger partial charge in [0.2, 0.25) is 0 Å². The van der Waals surface area contributed by atoms with Gasteiger partial charge in [0, 0.05) is 18.2 Å². The van der Waals surface area contributed by atoms with Crippen molar-refractivity contribution in [2.75, 3.05) is 0 Å². The Balaban J connectivity index is 2.13. The largest absolute Gasteiger partial charge is 0.417 e. The molecular formula is C18H16F3N3O. The molecule has 4 nitrogen and oxygen atoms in total. The van der Waals surface area contributed by atoms with Crippen LogP contribution in [0.2, 0.25) is 0 Å². The second-order valence-corrected chi connectivity index (χ2v) is 6.22. The van der Waals surface area contributed by atoms with Crippen LogP contribution in [-0.2, 0) is 6.18 Å². The first-order valence-electron chi connectivity index (χ1n) is 7.81. The maximum absolute atomic E-state index is 13.2. The number of rotatable bonds is 4. The molecule has 7 heteroatoms. The first-order valence-corrected chi connectivity index (χ1v) is 7.81. The lowest BCUT2D eigenvalue weighted by Crippen LogP contribution is -2.08. The fraction of sp³-hybridized carbons (Fsp3) is 0.278. The van der Waals surface area contributed by atoms with Crippen molar-refractivity contribution in [3.8, 4) is 11.3 Å². The third-order valence-electron chi connectivity index (χ3n) is 3.78. The summed E-state index contributed by atoms with van der Waals surface area (Å²) in [7, 11) is 0. The van der Waals surface area contributed by atoms with Gasteiger partial charge in [-0.05, 0) is 12.0 Å². The van der Waals surface area contributed by atoms with Crippen LogP contribution < -0.4 is 0 Å². The number of aromatic amines is 1. The Bertz CT molecular complexity index is 929. The van der Waals surface area contributed by atoms with Crippen molar-refractivity contribution in [3.63, 3.8) is 0 Å². The lowest BCUT2D eigenvalue weighted by Gasteiger charge is -2.12. The normalized spacial score (nSPS) is 12.1. The third-order valence-corrected chi connectivity index (χ3v) is 3.78. The van der Waals surface area contributed by atoms with Crippen LogP contribution >= 0.6 is 0 Å². The minimum Gasteiger partial charge on any atom is -0.344 e. The van der Waals surface area contributed by atoms with E-state index in [1.54, 1.807) is 0 Å². The van der Waals surface area contributed by atoms with Crippen molar-refractivity contribution in [2.45, 2.75) is 26.4 Å². The predicted octanol–water partition coefficient (Wildman–Crippen LogP) is 4.87. The monoisotopic (exact) mass is 347 g/mol. The van der Waals surface area contributed by atoms with Crippen LogP contribution in [0, 0.1) is 5.92 Å². The van der Waals surface area contributed by atoms with E-state index in [1.165, 1.54) is 30.6 Å². The molecule has 3 aromatic rings. The maximum atomic E-state index is 13.2. The molecule has 130 valence electrons. The molecule has 0 fully saturated rings. The van der Waals surface area contributed by atoms with Crippen LogP contribution in [0.4, 0.5) is 13.2 Å². The average Bonchev–Trinajstić information content (AvgIpc) is 2.96. The van der Waals surface area contributed by atoms with Crippen LogP contribution in [0.3, 0.4) is 0 Å². The molecule has 0 aliphatic rings. The highest BCUT2D eigenvalue weighted by molar-refractivity contribution is 6.06. The van der Waals surface area contributed by atoms with Gasteiger partial charge in [0.25, 0.3) is 0 Å². The molecule has 0 radical (unpaired) electrons. The van der Waals surface area contributed by atoms with Gasteiger partial charge in [0.05, 0.1) is 23.0 Å². The third kappa shape index (κ3) is 3.40. The van der Waals surface area contributed by atoms with E-state index in [4.69, 9.17) is 0 Å². The number of nitrogens with zero attached hydrogens (tertiary/aromatic N) is 2. The van der Waals surface area contributed by atoms with Crippen LogP contribution in [-0.4, -0.2) is 20.7 Å². The molecule has 0 spiro atoms. The zero-order chi connectivity index (χ0) is 18.2.